The first-order valence-electron chi connectivity index (χ1n) is 6.82. The lowest BCUT2D eigenvalue weighted by Crippen LogP contribution is -2.26. The summed E-state index contributed by atoms with van der Waals surface area (Å²) in [4.78, 5) is 25.4. The zero-order valence-electron chi connectivity index (χ0n) is 12.3. The molecule has 0 radical (unpaired) electrons. The van der Waals surface area contributed by atoms with Crippen molar-refractivity contribution in [1.29, 1.82) is 0 Å². The Morgan fingerprint density at radius 2 is 1.85 bits per heavy atom. The van der Waals surface area contributed by atoms with Crippen LogP contribution < -0.4 is 10.5 Å². The molecule has 2 aromatic rings. The third kappa shape index (κ3) is 2.11. The highest BCUT2D eigenvalue weighted by Gasteiger charge is 2.19. The van der Waals surface area contributed by atoms with Gasteiger partial charge in [0.05, 0.1) is 5.69 Å². The lowest BCUT2D eigenvalue weighted by Gasteiger charge is -2.24. The molecule has 0 atom stereocenters. The van der Waals surface area contributed by atoms with Gasteiger partial charge in [-0.15, -0.1) is 0 Å². The number of fused-ring (bicyclic) bond motifs is 1. The molecule has 4 heteroatoms. The van der Waals surface area contributed by atoms with E-state index < -0.39 is 5.63 Å². The Morgan fingerprint density at radius 1 is 1.20 bits per heavy atom. The Kier molecular flexibility index (Phi) is 3.93. The van der Waals surface area contributed by atoms with Crippen molar-refractivity contribution in [2.75, 3.05) is 18.0 Å². The summed E-state index contributed by atoms with van der Waals surface area (Å²) in [5.74, 6) is 0. The van der Waals surface area contributed by atoms with Gasteiger partial charge in [0.15, 0.2) is 6.29 Å². The number of aldehydes is 1. The summed E-state index contributed by atoms with van der Waals surface area (Å²) >= 11 is 0. The molecule has 2 rings (SSSR count). The number of rotatable bonds is 4. The van der Waals surface area contributed by atoms with Gasteiger partial charge in [-0.25, -0.2) is 4.79 Å². The van der Waals surface area contributed by atoms with E-state index >= 15 is 0 Å². The van der Waals surface area contributed by atoms with Crippen LogP contribution in [0.4, 0.5) is 5.69 Å². The van der Waals surface area contributed by atoms with Crippen LogP contribution in [0.5, 0.6) is 0 Å². The molecular formula is C16H19NO3. The summed E-state index contributed by atoms with van der Waals surface area (Å²) in [6.07, 6.45) is 0.591. The summed E-state index contributed by atoms with van der Waals surface area (Å²) < 4.78 is 5.36. The van der Waals surface area contributed by atoms with Crippen molar-refractivity contribution in [1.82, 2.24) is 0 Å². The predicted octanol–water partition coefficient (Wildman–Crippen LogP) is 3.07. The average molecular weight is 273 g/mol. The third-order valence-electron chi connectivity index (χ3n) is 3.80. The lowest BCUT2D eigenvalue weighted by molar-refractivity contribution is 0.112. The minimum atomic E-state index is -0.567. The highest BCUT2D eigenvalue weighted by Crippen LogP contribution is 2.31. The Morgan fingerprint density at radius 3 is 2.40 bits per heavy atom. The fraction of sp³-hybridized carbons (Fsp3) is 0.375. The molecule has 1 aromatic carbocycles. The first-order chi connectivity index (χ1) is 9.54. The smallest absolute Gasteiger partial charge is 0.349 e. The van der Waals surface area contributed by atoms with Crippen LogP contribution in [0.25, 0.3) is 11.0 Å². The maximum Gasteiger partial charge on any atom is 0.349 e. The van der Waals surface area contributed by atoms with E-state index in [1.54, 1.807) is 0 Å². The predicted molar refractivity (Wildman–Crippen MR) is 80.9 cm³/mol. The summed E-state index contributed by atoms with van der Waals surface area (Å²) in [5.41, 5.74) is 2.78. The standard InChI is InChI=1S/C16H19NO3/c1-5-17(6-2)14-12-8-7-10(3)11(4)15(12)20-16(19)13(14)9-18/h7-9H,5-6H2,1-4H3. The second-order valence-corrected chi connectivity index (χ2v) is 4.83. The van der Waals surface area contributed by atoms with Crippen LogP contribution in [0.2, 0.25) is 0 Å². The Bertz CT molecular complexity index is 712. The van der Waals surface area contributed by atoms with Crippen LogP contribution in [0, 0.1) is 13.8 Å². The minimum absolute atomic E-state index is 0.101. The summed E-state index contributed by atoms with van der Waals surface area (Å²) in [5, 5.41) is 0.818. The van der Waals surface area contributed by atoms with E-state index in [4.69, 9.17) is 4.42 Å². The van der Waals surface area contributed by atoms with Crippen molar-refractivity contribution in [3.63, 3.8) is 0 Å². The molecule has 4 nitrogen and oxygen atoms in total. The number of carbonyl (C=O) groups is 1. The Labute approximate surface area is 118 Å². The SMILES string of the molecule is CCN(CC)c1c(C=O)c(=O)oc2c(C)c(C)ccc12. The topological polar surface area (TPSA) is 50.5 Å². The first-order valence-corrected chi connectivity index (χ1v) is 6.82. The molecule has 0 aliphatic rings. The second kappa shape index (κ2) is 5.49. The molecule has 0 aliphatic carbocycles. The molecule has 1 heterocycles. The number of benzene rings is 1. The van der Waals surface area contributed by atoms with E-state index in [1.165, 1.54) is 0 Å². The lowest BCUT2D eigenvalue weighted by atomic mass is 10.0. The van der Waals surface area contributed by atoms with Gasteiger partial charge in [0.2, 0.25) is 0 Å². The van der Waals surface area contributed by atoms with Crippen LogP contribution in [0.1, 0.15) is 35.3 Å². The molecule has 106 valence electrons. The maximum absolute atomic E-state index is 12.1. The molecule has 20 heavy (non-hydrogen) atoms. The van der Waals surface area contributed by atoms with E-state index in [-0.39, 0.29) is 5.56 Å². The van der Waals surface area contributed by atoms with Crippen LogP contribution >= 0.6 is 0 Å². The molecule has 0 amide bonds. The van der Waals surface area contributed by atoms with Crippen molar-refractivity contribution in [3.05, 3.63) is 39.2 Å². The van der Waals surface area contributed by atoms with Gasteiger partial charge < -0.3 is 9.32 Å². The highest BCUT2D eigenvalue weighted by molar-refractivity contribution is 6.00. The number of carbonyl (C=O) groups excluding carboxylic acids is 1. The fourth-order valence-corrected chi connectivity index (χ4v) is 2.48. The molecule has 0 saturated heterocycles. The quantitative estimate of drug-likeness (QED) is 0.634. The van der Waals surface area contributed by atoms with Crippen molar-refractivity contribution in [2.24, 2.45) is 0 Å². The van der Waals surface area contributed by atoms with Gasteiger partial charge in [-0.3, -0.25) is 4.79 Å². The van der Waals surface area contributed by atoms with Crippen LogP contribution in [-0.2, 0) is 0 Å². The number of hydrogen-bond acceptors (Lipinski definition) is 4. The monoisotopic (exact) mass is 273 g/mol. The maximum atomic E-state index is 12.1. The third-order valence-corrected chi connectivity index (χ3v) is 3.80. The van der Waals surface area contributed by atoms with Gasteiger partial charge in [0, 0.05) is 18.5 Å². The number of hydrogen-bond donors (Lipinski definition) is 0. The van der Waals surface area contributed by atoms with Crippen LogP contribution in [0.3, 0.4) is 0 Å². The van der Waals surface area contributed by atoms with Gasteiger partial charge in [-0.2, -0.15) is 0 Å². The van der Waals surface area contributed by atoms with Crippen molar-refractivity contribution >= 4 is 22.9 Å². The summed E-state index contributed by atoms with van der Waals surface area (Å²) in [7, 11) is 0. The van der Waals surface area contributed by atoms with Gasteiger partial charge in [-0.05, 0) is 44.9 Å². The van der Waals surface area contributed by atoms with Crippen molar-refractivity contribution in [2.45, 2.75) is 27.7 Å². The molecule has 0 saturated carbocycles. The fourth-order valence-electron chi connectivity index (χ4n) is 2.48. The van der Waals surface area contributed by atoms with E-state index in [1.807, 2.05) is 44.7 Å². The molecule has 0 fully saturated rings. The molecule has 1 aromatic heterocycles. The molecule has 0 aliphatic heterocycles. The van der Waals surface area contributed by atoms with E-state index in [9.17, 15) is 9.59 Å². The Balaban J connectivity index is 2.97. The zero-order chi connectivity index (χ0) is 14.9. The largest absolute Gasteiger partial charge is 0.422 e. The van der Waals surface area contributed by atoms with Gasteiger partial charge in [-0.1, -0.05) is 6.07 Å². The average Bonchev–Trinajstić information content (AvgIpc) is 2.44. The number of aryl methyl sites for hydroxylation is 2. The molecule has 0 unspecified atom stereocenters. The minimum Gasteiger partial charge on any atom is -0.422 e. The molecule has 0 spiro atoms. The molecule has 0 N–H and O–H groups in total. The molecular weight excluding hydrogens is 254 g/mol. The van der Waals surface area contributed by atoms with E-state index in [0.29, 0.717) is 17.6 Å². The van der Waals surface area contributed by atoms with E-state index in [0.717, 1.165) is 29.6 Å². The number of anilines is 1. The van der Waals surface area contributed by atoms with Crippen molar-refractivity contribution in [3.8, 4) is 0 Å². The van der Waals surface area contributed by atoms with E-state index in [2.05, 4.69) is 0 Å². The van der Waals surface area contributed by atoms with Gasteiger partial charge in [0.25, 0.3) is 0 Å². The van der Waals surface area contributed by atoms with Gasteiger partial charge in [0.1, 0.15) is 11.1 Å². The second-order valence-electron chi connectivity index (χ2n) is 4.83. The first kappa shape index (κ1) is 14.3. The summed E-state index contributed by atoms with van der Waals surface area (Å²) in [6, 6.07) is 3.90. The van der Waals surface area contributed by atoms with Crippen molar-refractivity contribution < 1.29 is 9.21 Å². The highest BCUT2D eigenvalue weighted by atomic mass is 16.4. The number of nitrogens with zero attached hydrogens (tertiary/aromatic N) is 1. The molecule has 0 bridgehead atoms. The normalized spacial score (nSPS) is 10.8. The van der Waals surface area contributed by atoms with Gasteiger partial charge >= 0.3 is 5.63 Å². The zero-order valence-corrected chi connectivity index (χ0v) is 12.3. The van der Waals surface area contributed by atoms with Crippen LogP contribution in [0.15, 0.2) is 21.3 Å². The van der Waals surface area contributed by atoms with Crippen LogP contribution in [-0.4, -0.2) is 19.4 Å². The Hall–Kier alpha value is -2.10. The summed E-state index contributed by atoms with van der Waals surface area (Å²) in [6.45, 7) is 9.34.